The molecule has 2 rings (SSSR count). The van der Waals surface area contributed by atoms with Crippen molar-refractivity contribution in [2.75, 3.05) is 11.9 Å². The smallest absolute Gasteiger partial charge is 0.387 e. The van der Waals surface area contributed by atoms with Crippen molar-refractivity contribution in [3.05, 3.63) is 24.3 Å². The van der Waals surface area contributed by atoms with Crippen LogP contribution in [-0.4, -0.2) is 25.1 Å². The van der Waals surface area contributed by atoms with Crippen LogP contribution in [-0.2, 0) is 14.3 Å². The van der Waals surface area contributed by atoms with Gasteiger partial charge in [0.05, 0.1) is 5.92 Å². The molecule has 1 aliphatic rings. The first-order valence-corrected chi connectivity index (χ1v) is 7.06. The second-order valence-electron chi connectivity index (χ2n) is 5.04. The molecule has 0 aliphatic heterocycles. The first-order valence-electron chi connectivity index (χ1n) is 7.06. The third-order valence-electron chi connectivity index (χ3n) is 3.40. The molecule has 1 amide bonds. The number of esters is 1. The summed E-state index contributed by atoms with van der Waals surface area (Å²) in [4.78, 5) is 23.3. The van der Waals surface area contributed by atoms with Crippen molar-refractivity contribution in [2.24, 2.45) is 5.92 Å². The fourth-order valence-corrected chi connectivity index (χ4v) is 2.33. The maximum absolute atomic E-state index is 12.0. The van der Waals surface area contributed by atoms with E-state index in [2.05, 4.69) is 10.1 Å². The van der Waals surface area contributed by atoms with E-state index in [0.29, 0.717) is 5.69 Å². The maximum atomic E-state index is 12.0. The van der Waals surface area contributed by atoms with Crippen molar-refractivity contribution >= 4 is 17.6 Å². The largest absolute Gasteiger partial charge is 0.455 e. The van der Waals surface area contributed by atoms with Gasteiger partial charge in [-0.3, -0.25) is 9.59 Å². The molecule has 1 aromatic carbocycles. The Bertz CT molecular complexity index is 513. The normalized spacial score (nSPS) is 14.9. The Morgan fingerprint density at radius 2 is 1.82 bits per heavy atom. The summed E-state index contributed by atoms with van der Waals surface area (Å²) in [6.07, 6.45) is 3.65. The monoisotopic (exact) mass is 313 g/mol. The number of rotatable bonds is 6. The number of anilines is 1. The van der Waals surface area contributed by atoms with E-state index in [1.54, 1.807) is 0 Å². The average Bonchev–Trinajstić information content (AvgIpc) is 3.00. The van der Waals surface area contributed by atoms with Crippen LogP contribution in [0.5, 0.6) is 5.75 Å². The van der Waals surface area contributed by atoms with Gasteiger partial charge in [0.1, 0.15) is 5.75 Å². The van der Waals surface area contributed by atoms with Crippen molar-refractivity contribution in [3.63, 3.8) is 0 Å². The summed E-state index contributed by atoms with van der Waals surface area (Å²) in [5.41, 5.74) is 0.406. The van der Waals surface area contributed by atoms with Gasteiger partial charge in [0.25, 0.3) is 5.91 Å². The number of carbonyl (C=O) groups is 2. The molecule has 1 N–H and O–H groups in total. The Morgan fingerprint density at radius 3 is 2.41 bits per heavy atom. The van der Waals surface area contributed by atoms with Gasteiger partial charge in [-0.2, -0.15) is 8.78 Å². The summed E-state index contributed by atoms with van der Waals surface area (Å²) in [6, 6.07) is 5.47. The molecule has 120 valence electrons. The Balaban J connectivity index is 1.75. The molecule has 0 bridgehead atoms. The fourth-order valence-electron chi connectivity index (χ4n) is 2.33. The molecule has 0 saturated heterocycles. The molecule has 22 heavy (non-hydrogen) atoms. The number of hydrogen-bond donors (Lipinski definition) is 1. The Hall–Kier alpha value is -2.18. The number of nitrogens with one attached hydrogen (secondary N) is 1. The number of halogens is 2. The molecular formula is C15H17F2NO4. The zero-order valence-electron chi connectivity index (χ0n) is 11.9. The molecule has 0 heterocycles. The second kappa shape index (κ2) is 7.72. The van der Waals surface area contributed by atoms with Crippen molar-refractivity contribution in [3.8, 4) is 5.75 Å². The van der Waals surface area contributed by atoms with Crippen LogP contribution < -0.4 is 10.1 Å². The standard InChI is InChI=1S/C15H17F2NO4/c16-15(17)22-12-7-5-11(6-8-12)18-13(19)9-21-14(20)10-3-1-2-4-10/h5-8,10,15H,1-4,9H2,(H,18,19). The van der Waals surface area contributed by atoms with E-state index in [4.69, 9.17) is 4.74 Å². The highest BCUT2D eigenvalue weighted by atomic mass is 19.3. The number of alkyl halides is 2. The molecular weight excluding hydrogens is 296 g/mol. The fraction of sp³-hybridized carbons (Fsp3) is 0.467. The van der Waals surface area contributed by atoms with Gasteiger partial charge in [0, 0.05) is 5.69 Å². The lowest BCUT2D eigenvalue weighted by atomic mass is 10.1. The zero-order valence-corrected chi connectivity index (χ0v) is 11.9. The van der Waals surface area contributed by atoms with Gasteiger partial charge in [0.15, 0.2) is 6.61 Å². The van der Waals surface area contributed by atoms with Gasteiger partial charge in [-0.25, -0.2) is 0 Å². The summed E-state index contributed by atoms with van der Waals surface area (Å²) < 4.78 is 33.1. The highest BCUT2D eigenvalue weighted by Crippen LogP contribution is 2.25. The van der Waals surface area contributed by atoms with Crippen LogP contribution in [0.15, 0.2) is 24.3 Å². The Labute approximate surface area is 126 Å². The van der Waals surface area contributed by atoms with E-state index < -0.39 is 12.5 Å². The lowest BCUT2D eigenvalue weighted by Crippen LogP contribution is -2.23. The van der Waals surface area contributed by atoms with Crippen molar-refractivity contribution < 1.29 is 27.8 Å². The van der Waals surface area contributed by atoms with Crippen LogP contribution in [0.1, 0.15) is 25.7 Å². The molecule has 1 aliphatic carbocycles. The topological polar surface area (TPSA) is 64.6 Å². The molecule has 0 unspecified atom stereocenters. The van der Waals surface area contributed by atoms with Crippen LogP contribution >= 0.6 is 0 Å². The minimum atomic E-state index is -2.89. The molecule has 1 aromatic rings. The van der Waals surface area contributed by atoms with Gasteiger partial charge in [-0.1, -0.05) is 12.8 Å². The van der Waals surface area contributed by atoms with E-state index in [9.17, 15) is 18.4 Å². The number of ether oxygens (including phenoxy) is 2. The first-order chi connectivity index (χ1) is 10.5. The molecule has 5 nitrogen and oxygen atoms in total. The van der Waals surface area contributed by atoms with Crippen LogP contribution in [0.3, 0.4) is 0 Å². The van der Waals surface area contributed by atoms with E-state index in [1.807, 2.05) is 0 Å². The lowest BCUT2D eigenvalue weighted by Gasteiger charge is -2.10. The van der Waals surface area contributed by atoms with E-state index >= 15 is 0 Å². The predicted octanol–water partition coefficient (Wildman–Crippen LogP) is 2.96. The molecule has 0 radical (unpaired) electrons. The molecule has 0 atom stereocenters. The number of benzene rings is 1. The summed E-state index contributed by atoms with van der Waals surface area (Å²) in [5.74, 6) is -0.915. The maximum Gasteiger partial charge on any atom is 0.387 e. The van der Waals surface area contributed by atoms with Crippen LogP contribution in [0, 0.1) is 5.92 Å². The summed E-state index contributed by atoms with van der Waals surface area (Å²) >= 11 is 0. The zero-order chi connectivity index (χ0) is 15.9. The number of carbonyl (C=O) groups excluding carboxylic acids is 2. The van der Waals surface area contributed by atoms with Crippen molar-refractivity contribution in [1.29, 1.82) is 0 Å². The lowest BCUT2D eigenvalue weighted by molar-refractivity contribution is -0.151. The summed E-state index contributed by atoms with van der Waals surface area (Å²) in [5, 5.41) is 2.51. The molecule has 0 aromatic heterocycles. The second-order valence-corrected chi connectivity index (χ2v) is 5.04. The molecule has 0 spiro atoms. The van der Waals surface area contributed by atoms with Gasteiger partial charge >= 0.3 is 12.6 Å². The molecule has 1 saturated carbocycles. The highest BCUT2D eigenvalue weighted by molar-refractivity contribution is 5.92. The minimum absolute atomic E-state index is 0.000611. The number of hydrogen-bond acceptors (Lipinski definition) is 4. The van der Waals surface area contributed by atoms with Gasteiger partial charge in [-0.15, -0.1) is 0 Å². The molecule has 7 heteroatoms. The summed E-state index contributed by atoms with van der Waals surface area (Å²) in [6.45, 7) is -3.25. The van der Waals surface area contributed by atoms with Gasteiger partial charge in [0.2, 0.25) is 0 Å². The highest BCUT2D eigenvalue weighted by Gasteiger charge is 2.24. The predicted molar refractivity (Wildman–Crippen MR) is 74.6 cm³/mol. The van der Waals surface area contributed by atoms with Crippen LogP contribution in [0.2, 0.25) is 0 Å². The van der Waals surface area contributed by atoms with E-state index in [0.717, 1.165) is 25.7 Å². The van der Waals surface area contributed by atoms with Crippen molar-refractivity contribution in [2.45, 2.75) is 32.3 Å². The van der Waals surface area contributed by atoms with E-state index in [1.165, 1.54) is 24.3 Å². The quantitative estimate of drug-likeness (QED) is 0.820. The van der Waals surface area contributed by atoms with Gasteiger partial charge < -0.3 is 14.8 Å². The minimum Gasteiger partial charge on any atom is -0.455 e. The van der Waals surface area contributed by atoms with Crippen molar-refractivity contribution in [1.82, 2.24) is 0 Å². The first kappa shape index (κ1) is 16.2. The van der Waals surface area contributed by atoms with Gasteiger partial charge in [-0.05, 0) is 37.1 Å². The summed E-state index contributed by atoms with van der Waals surface area (Å²) in [7, 11) is 0. The van der Waals surface area contributed by atoms with E-state index in [-0.39, 0.29) is 24.2 Å². The molecule has 1 fully saturated rings. The average molecular weight is 313 g/mol. The van der Waals surface area contributed by atoms with Crippen LogP contribution in [0.25, 0.3) is 0 Å². The Morgan fingerprint density at radius 1 is 1.18 bits per heavy atom. The SMILES string of the molecule is O=C(COC(=O)C1CCCC1)Nc1ccc(OC(F)F)cc1. The number of amides is 1. The third-order valence-corrected chi connectivity index (χ3v) is 3.40. The Kier molecular flexibility index (Phi) is 5.68. The third kappa shape index (κ3) is 4.98. The van der Waals surface area contributed by atoms with Crippen LogP contribution in [0.4, 0.5) is 14.5 Å².